The first-order chi connectivity index (χ1) is 11.6. The Morgan fingerprint density at radius 1 is 0.833 bits per heavy atom. The fourth-order valence-corrected chi connectivity index (χ4v) is 8.35. The molecular weight excluding hydrogens is 292 g/mol. The van der Waals surface area contributed by atoms with Gasteiger partial charge in [0.15, 0.2) is 0 Å². The second-order valence-corrected chi connectivity index (χ2v) is 10.4. The first kappa shape index (κ1) is 17.4. The van der Waals surface area contributed by atoms with Crippen molar-refractivity contribution >= 4 is 0 Å². The van der Waals surface area contributed by atoms with Gasteiger partial charge in [0.1, 0.15) is 0 Å². The summed E-state index contributed by atoms with van der Waals surface area (Å²) in [6, 6.07) is 0. The van der Waals surface area contributed by atoms with Crippen LogP contribution in [-0.4, -0.2) is 13.7 Å². The molecule has 1 nitrogen and oxygen atoms in total. The molecule has 0 spiro atoms. The van der Waals surface area contributed by atoms with Crippen LogP contribution in [0.25, 0.3) is 0 Å². The van der Waals surface area contributed by atoms with Gasteiger partial charge in [-0.15, -0.1) is 0 Å². The summed E-state index contributed by atoms with van der Waals surface area (Å²) in [5.41, 5.74) is 1.36. The minimum absolute atomic E-state index is 0.659. The van der Waals surface area contributed by atoms with E-state index in [1.54, 1.807) is 32.1 Å². The van der Waals surface area contributed by atoms with Crippen molar-refractivity contribution in [3.05, 3.63) is 0 Å². The van der Waals surface area contributed by atoms with Gasteiger partial charge in [0.2, 0.25) is 0 Å². The highest BCUT2D eigenvalue weighted by atomic mass is 16.5. The van der Waals surface area contributed by atoms with Crippen molar-refractivity contribution < 1.29 is 4.74 Å². The van der Waals surface area contributed by atoms with Crippen LogP contribution in [0, 0.1) is 40.4 Å². The molecule has 4 saturated carbocycles. The highest BCUT2D eigenvalue weighted by Gasteiger charge is 2.59. The van der Waals surface area contributed by atoms with Crippen molar-refractivity contribution in [3.8, 4) is 0 Å². The Hall–Kier alpha value is -0.0400. The summed E-state index contributed by atoms with van der Waals surface area (Å²) in [6.45, 7) is 6.36. The zero-order valence-corrected chi connectivity index (χ0v) is 16.5. The van der Waals surface area contributed by atoms with Crippen LogP contribution in [0.2, 0.25) is 0 Å². The standard InChI is InChI=1S/C23H40O/c1-22-14-5-4-7-17(22)9-11-19-20-12-10-18(8-6-16-24-3)23(20,2)15-13-21(19)22/h17-21H,4-16H2,1-3H3. The Morgan fingerprint density at radius 3 is 2.50 bits per heavy atom. The predicted molar refractivity (Wildman–Crippen MR) is 101 cm³/mol. The fourth-order valence-electron chi connectivity index (χ4n) is 8.35. The molecular formula is C23H40O. The third-order valence-electron chi connectivity index (χ3n) is 9.68. The maximum Gasteiger partial charge on any atom is 0.0462 e. The molecule has 0 aliphatic heterocycles. The van der Waals surface area contributed by atoms with E-state index in [-0.39, 0.29) is 0 Å². The topological polar surface area (TPSA) is 9.23 Å². The van der Waals surface area contributed by atoms with Crippen LogP contribution in [0.3, 0.4) is 0 Å². The van der Waals surface area contributed by atoms with Gasteiger partial charge in [-0.2, -0.15) is 0 Å². The van der Waals surface area contributed by atoms with E-state index in [2.05, 4.69) is 13.8 Å². The number of rotatable bonds is 4. The van der Waals surface area contributed by atoms with Crippen molar-refractivity contribution in [1.29, 1.82) is 0 Å². The Kier molecular flexibility index (Phi) is 4.78. The number of hydrogen-bond acceptors (Lipinski definition) is 1. The molecule has 7 atom stereocenters. The average molecular weight is 333 g/mol. The Bertz CT molecular complexity index is 445. The van der Waals surface area contributed by atoms with Crippen LogP contribution >= 0.6 is 0 Å². The quantitative estimate of drug-likeness (QED) is 0.537. The maximum atomic E-state index is 5.33. The lowest BCUT2D eigenvalue weighted by atomic mass is 9.45. The molecule has 0 amide bonds. The predicted octanol–water partition coefficient (Wildman–Crippen LogP) is 6.46. The highest BCUT2D eigenvalue weighted by molar-refractivity contribution is 5.08. The first-order valence-electron chi connectivity index (χ1n) is 11.1. The summed E-state index contributed by atoms with van der Waals surface area (Å²) in [6.07, 6.45) is 18.0. The minimum atomic E-state index is 0.659. The second kappa shape index (κ2) is 6.60. The number of ether oxygens (including phenoxy) is 1. The monoisotopic (exact) mass is 332 g/mol. The number of hydrogen-bond donors (Lipinski definition) is 0. The van der Waals surface area contributed by atoms with Crippen molar-refractivity contribution in [2.45, 2.75) is 90.9 Å². The molecule has 0 N–H and O–H groups in total. The van der Waals surface area contributed by atoms with Gasteiger partial charge in [-0.1, -0.05) is 26.7 Å². The SMILES string of the molecule is COCCCC1CCC2C3CCC4CCCCC4(C)C3CCC12C. The van der Waals surface area contributed by atoms with Gasteiger partial charge in [-0.05, 0) is 105 Å². The number of fused-ring (bicyclic) bond motifs is 5. The summed E-state index contributed by atoms with van der Waals surface area (Å²) in [5.74, 6) is 5.22. The normalized spacial score (nSPS) is 50.9. The molecule has 0 saturated heterocycles. The van der Waals surface area contributed by atoms with Crippen molar-refractivity contribution in [2.75, 3.05) is 13.7 Å². The lowest BCUT2D eigenvalue weighted by Gasteiger charge is -2.60. The summed E-state index contributed by atoms with van der Waals surface area (Å²) in [4.78, 5) is 0. The second-order valence-electron chi connectivity index (χ2n) is 10.4. The van der Waals surface area contributed by atoms with Gasteiger partial charge in [-0.25, -0.2) is 0 Å². The molecule has 138 valence electrons. The Labute approximate surface area is 150 Å². The zero-order valence-electron chi connectivity index (χ0n) is 16.5. The molecule has 0 aromatic heterocycles. The summed E-state index contributed by atoms with van der Waals surface area (Å²) < 4.78 is 5.33. The van der Waals surface area contributed by atoms with Crippen LogP contribution in [-0.2, 0) is 4.74 Å². The van der Waals surface area contributed by atoms with Crippen LogP contribution in [0.4, 0.5) is 0 Å². The molecule has 4 rings (SSSR count). The molecule has 0 bridgehead atoms. The minimum Gasteiger partial charge on any atom is -0.385 e. The summed E-state index contributed by atoms with van der Waals surface area (Å²) in [7, 11) is 1.85. The smallest absolute Gasteiger partial charge is 0.0462 e. The van der Waals surface area contributed by atoms with Crippen molar-refractivity contribution in [1.82, 2.24) is 0 Å². The third kappa shape index (κ3) is 2.60. The van der Waals surface area contributed by atoms with Crippen molar-refractivity contribution in [2.24, 2.45) is 40.4 Å². The Balaban J connectivity index is 1.51. The Morgan fingerprint density at radius 2 is 1.67 bits per heavy atom. The largest absolute Gasteiger partial charge is 0.385 e. The van der Waals surface area contributed by atoms with Gasteiger partial charge in [0.05, 0.1) is 0 Å². The van der Waals surface area contributed by atoms with Crippen molar-refractivity contribution in [3.63, 3.8) is 0 Å². The number of methoxy groups -OCH3 is 1. The van der Waals surface area contributed by atoms with E-state index in [0.717, 1.165) is 36.2 Å². The maximum absolute atomic E-state index is 5.33. The molecule has 0 aromatic carbocycles. The molecule has 4 aliphatic rings. The van der Waals surface area contributed by atoms with E-state index in [4.69, 9.17) is 4.74 Å². The van der Waals surface area contributed by atoms with Crippen LogP contribution in [0.15, 0.2) is 0 Å². The first-order valence-corrected chi connectivity index (χ1v) is 11.1. The molecule has 0 aromatic rings. The molecule has 7 unspecified atom stereocenters. The third-order valence-corrected chi connectivity index (χ3v) is 9.68. The van der Waals surface area contributed by atoms with Gasteiger partial charge in [0, 0.05) is 13.7 Å². The van der Waals surface area contributed by atoms with Gasteiger partial charge < -0.3 is 4.74 Å². The zero-order chi connectivity index (χ0) is 16.8. The molecule has 4 aliphatic carbocycles. The van der Waals surface area contributed by atoms with Crippen LogP contribution in [0.1, 0.15) is 90.9 Å². The molecule has 0 radical (unpaired) electrons. The van der Waals surface area contributed by atoms with Gasteiger partial charge in [0.25, 0.3) is 0 Å². The molecule has 24 heavy (non-hydrogen) atoms. The highest BCUT2D eigenvalue weighted by Crippen LogP contribution is 2.67. The van der Waals surface area contributed by atoms with Crippen LogP contribution < -0.4 is 0 Å². The van der Waals surface area contributed by atoms with Gasteiger partial charge >= 0.3 is 0 Å². The lowest BCUT2D eigenvalue weighted by Crippen LogP contribution is -2.52. The molecule has 1 heteroatoms. The van der Waals surface area contributed by atoms with Crippen LogP contribution in [0.5, 0.6) is 0 Å². The summed E-state index contributed by atoms with van der Waals surface area (Å²) >= 11 is 0. The van der Waals surface area contributed by atoms with E-state index in [1.807, 2.05) is 7.11 Å². The van der Waals surface area contributed by atoms with Gasteiger partial charge in [-0.3, -0.25) is 0 Å². The average Bonchev–Trinajstić information content (AvgIpc) is 2.91. The lowest BCUT2D eigenvalue weighted by molar-refractivity contribution is -0.111. The summed E-state index contributed by atoms with van der Waals surface area (Å²) in [5, 5.41) is 0. The van der Waals surface area contributed by atoms with E-state index in [9.17, 15) is 0 Å². The van der Waals surface area contributed by atoms with E-state index in [0.29, 0.717) is 10.8 Å². The molecule has 4 fully saturated rings. The van der Waals surface area contributed by atoms with E-state index in [1.165, 1.54) is 44.9 Å². The van der Waals surface area contributed by atoms with E-state index < -0.39 is 0 Å². The molecule has 0 heterocycles. The fraction of sp³-hybridized carbons (Fsp3) is 1.00. The van der Waals surface area contributed by atoms with E-state index >= 15 is 0 Å².